The lowest BCUT2D eigenvalue weighted by atomic mass is 9.99. The third-order valence-corrected chi connectivity index (χ3v) is 4.17. The first-order valence-corrected chi connectivity index (χ1v) is 7.65. The monoisotopic (exact) mass is 326 g/mol. The average molecular weight is 327 g/mol. The van der Waals surface area contributed by atoms with Gasteiger partial charge in [-0.05, 0) is 31.7 Å². The molecule has 1 saturated heterocycles. The van der Waals surface area contributed by atoms with Crippen molar-refractivity contribution in [1.82, 2.24) is 4.90 Å². The van der Waals surface area contributed by atoms with Crippen LogP contribution in [0.2, 0.25) is 5.02 Å². The molecule has 1 aromatic carbocycles. The Kier molecular flexibility index (Phi) is 5.24. The summed E-state index contributed by atoms with van der Waals surface area (Å²) in [6.07, 6.45) is 1.32. The van der Waals surface area contributed by atoms with Crippen LogP contribution in [0, 0.1) is 16.0 Å². The SMILES string of the molecule is CC1CCN(C(=O)C(C)Oc2ccc([N+](=O)[O-])cc2Cl)CC1. The highest BCUT2D eigenvalue weighted by Gasteiger charge is 2.26. The minimum absolute atomic E-state index is 0.0821. The molecule has 1 atom stereocenters. The van der Waals surface area contributed by atoms with Crippen LogP contribution in [0.3, 0.4) is 0 Å². The van der Waals surface area contributed by atoms with Gasteiger partial charge in [-0.2, -0.15) is 0 Å². The number of amides is 1. The molecule has 1 aliphatic rings. The van der Waals surface area contributed by atoms with Gasteiger partial charge in [-0.1, -0.05) is 18.5 Å². The van der Waals surface area contributed by atoms with E-state index in [-0.39, 0.29) is 22.4 Å². The number of nitro benzene ring substituents is 1. The molecule has 1 unspecified atom stereocenters. The van der Waals surface area contributed by atoms with Crippen LogP contribution in [0.4, 0.5) is 5.69 Å². The number of nitro groups is 1. The fourth-order valence-electron chi connectivity index (χ4n) is 2.43. The molecule has 0 saturated carbocycles. The maximum Gasteiger partial charge on any atom is 0.271 e. The molecule has 0 radical (unpaired) electrons. The minimum Gasteiger partial charge on any atom is -0.479 e. The molecular weight excluding hydrogens is 308 g/mol. The van der Waals surface area contributed by atoms with E-state index in [9.17, 15) is 14.9 Å². The van der Waals surface area contributed by atoms with Gasteiger partial charge in [-0.15, -0.1) is 0 Å². The van der Waals surface area contributed by atoms with Gasteiger partial charge in [0, 0.05) is 25.2 Å². The van der Waals surface area contributed by atoms with Crippen molar-refractivity contribution in [2.75, 3.05) is 13.1 Å². The van der Waals surface area contributed by atoms with Gasteiger partial charge in [-0.25, -0.2) is 0 Å². The predicted octanol–water partition coefficient (Wildman–Crippen LogP) is 3.27. The Morgan fingerprint density at radius 1 is 1.45 bits per heavy atom. The van der Waals surface area contributed by atoms with Gasteiger partial charge in [-0.3, -0.25) is 14.9 Å². The molecular formula is C15H19ClN2O4. The molecule has 2 rings (SSSR count). The van der Waals surface area contributed by atoms with Crippen LogP contribution in [0.1, 0.15) is 26.7 Å². The second-order valence-corrected chi connectivity index (χ2v) is 6.05. The van der Waals surface area contributed by atoms with Crippen molar-refractivity contribution in [3.63, 3.8) is 0 Å². The van der Waals surface area contributed by atoms with Crippen LogP contribution < -0.4 is 4.74 Å². The summed E-state index contributed by atoms with van der Waals surface area (Å²) in [7, 11) is 0. The molecule has 1 fully saturated rings. The first kappa shape index (κ1) is 16.5. The fourth-order valence-corrected chi connectivity index (χ4v) is 2.65. The number of ether oxygens (including phenoxy) is 1. The highest BCUT2D eigenvalue weighted by molar-refractivity contribution is 6.32. The molecule has 22 heavy (non-hydrogen) atoms. The number of hydrogen-bond acceptors (Lipinski definition) is 4. The van der Waals surface area contributed by atoms with Gasteiger partial charge in [0.25, 0.3) is 11.6 Å². The number of piperidine rings is 1. The number of likely N-dealkylation sites (tertiary alicyclic amines) is 1. The predicted molar refractivity (Wildman–Crippen MR) is 83.2 cm³/mol. The van der Waals surface area contributed by atoms with Crippen LogP contribution in [-0.2, 0) is 4.79 Å². The Morgan fingerprint density at radius 3 is 2.64 bits per heavy atom. The van der Waals surface area contributed by atoms with Gasteiger partial charge in [0.15, 0.2) is 6.10 Å². The molecule has 1 amide bonds. The van der Waals surface area contributed by atoms with E-state index in [2.05, 4.69) is 6.92 Å². The lowest BCUT2D eigenvalue weighted by molar-refractivity contribution is -0.384. The minimum atomic E-state index is -0.674. The normalized spacial score (nSPS) is 17.1. The van der Waals surface area contributed by atoms with Crippen molar-refractivity contribution in [1.29, 1.82) is 0 Å². The number of rotatable bonds is 4. The molecule has 1 aromatic rings. The average Bonchev–Trinajstić information content (AvgIpc) is 2.49. The third-order valence-electron chi connectivity index (χ3n) is 3.87. The van der Waals surface area contributed by atoms with E-state index >= 15 is 0 Å². The molecule has 0 bridgehead atoms. The van der Waals surface area contributed by atoms with E-state index in [0.717, 1.165) is 25.9 Å². The van der Waals surface area contributed by atoms with Gasteiger partial charge >= 0.3 is 0 Å². The zero-order valence-electron chi connectivity index (χ0n) is 12.6. The number of carbonyl (C=O) groups excluding carboxylic acids is 1. The summed E-state index contributed by atoms with van der Waals surface area (Å²) in [4.78, 5) is 24.3. The molecule has 1 aliphatic heterocycles. The Balaban J connectivity index is 2.00. The summed E-state index contributed by atoms with van der Waals surface area (Å²) in [6, 6.07) is 3.94. The lowest BCUT2D eigenvalue weighted by Gasteiger charge is -2.32. The zero-order valence-corrected chi connectivity index (χ0v) is 13.4. The molecule has 6 nitrogen and oxygen atoms in total. The van der Waals surface area contributed by atoms with Gasteiger partial charge in [0.05, 0.1) is 9.95 Å². The molecule has 0 N–H and O–H groups in total. The van der Waals surface area contributed by atoms with Crippen molar-refractivity contribution in [2.24, 2.45) is 5.92 Å². The zero-order chi connectivity index (χ0) is 16.3. The summed E-state index contributed by atoms with van der Waals surface area (Å²) >= 11 is 5.97. The van der Waals surface area contributed by atoms with Crippen molar-refractivity contribution >= 4 is 23.2 Å². The van der Waals surface area contributed by atoms with Crippen LogP contribution in [-0.4, -0.2) is 34.9 Å². The second kappa shape index (κ2) is 6.96. The Morgan fingerprint density at radius 2 is 2.09 bits per heavy atom. The first-order valence-electron chi connectivity index (χ1n) is 7.28. The van der Waals surface area contributed by atoms with Gasteiger partial charge < -0.3 is 9.64 Å². The van der Waals surface area contributed by atoms with Crippen molar-refractivity contribution in [3.05, 3.63) is 33.3 Å². The third kappa shape index (κ3) is 3.88. The van der Waals surface area contributed by atoms with E-state index in [4.69, 9.17) is 16.3 Å². The molecule has 0 aromatic heterocycles. The van der Waals surface area contributed by atoms with Gasteiger partial charge in [0.2, 0.25) is 0 Å². The smallest absolute Gasteiger partial charge is 0.271 e. The second-order valence-electron chi connectivity index (χ2n) is 5.64. The summed E-state index contributed by atoms with van der Waals surface area (Å²) < 4.78 is 5.58. The summed E-state index contributed by atoms with van der Waals surface area (Å²) in [5.41, 5.74) is -0.110. The van der Waals surface area contributed by atoms with Crippen LogP contribution >= 0.6 is 11.6 Å². The topological polar surface area (TPSA) is 72.7 Å². The molecule has 0 aliphatic carbocycles. The Bertz CT molecular complexity index is 571. The van der Waals surface area contributed by atoms with Crippen LogP contribution in [0.5, 0.6) is 5.75 Å². The number of benzene rings is 1. The summed E-state index contributed by atoms with van der Waals surface area (Å²) in [6.45, 7) is 5.32. The highest BCUT2D eigenvalue weighted by Crippen LogP contribution is 2.29. The van der Waals surface area contributed by atoms with Crippen LogP contribution in [0.25, 0.3) is 0 Å². The number of non-ortho nitro benzene ring substituents is 1. The van der Waals surface area contributed by atoms with E-state index < -0.39 is 11.0 Å². The van der Waals surface area contributed by atoms with E-state index in [1.165, 1.54) is 18.2 Å². The molecule has 120 valence electrons. The van der Waals surface area contributed by atoms with E-state index in [0.29, 0.717) is 5.92 Å². The fraction of sp³-hybridized carbons (Fsp3) is 0.533. The number of carbonyl (C=O) groups is 1. The standard InChI is InChI=1S/C15H19ClN2O4/c1-10-5-7-17(8-6-10)15(19)11(2)22-14-4-3-12(18(20)21)9-13(14)16/h3-4,9-11H,5-8H2,1-2H3. The number of nitrogens with zero attached hydrogens (tertiary/aromatic N) is 2. The lowest BCUT2D eigenvalue weighted by Crippen LogP contribution is -2.44. The van der Waals surface area contributed by atoms with E-state index in [1.54, 1.807) is 11.8 Å². The highest BCUT2D eigenvalue weighted by atomic mass is 35.5. The Labute approximate surface area is 134 Å². The molecule has 7 heteroatoms. The van der Waals surface area contributed by atoms with E-state index in [1.807, 2.05) is 0 Å². The number of hydrogen-bond donors (Lipinski definition) is 0. The number of halogens is 1. The summed E-state index contributed by atoms with van der Waals surface area (Å²) in [5, 5.41) is 10.8. The van der Waals surface area contributed by atoms with Crippen molar-refractivity contribution < 1.29 is 14.5 Å². The first-order chi connectivity index (χ1) is 10.4. The Hall–Kier alpha value is -1.82. The quantitative estimate of drug-likeness (QED) is 0.628. The molecule has 1 heterocycles. The largest absolute Gasteiger partial charge is 0.479 e. The van der Waals surface area contributed by atoms with Crippen molar-refractivity contribution in [3.8, 4) is 5.75 Å². The van der Waals surface area contributed by atoms with Crippen LogP contribution in [0.15, 0.2) is 18.2 Å². The van der Waals surface area contributed by atoms with Gasteiger partial charge in [0.1, 0.15) is 5.75 Å². The maximum atomic E-state index is 12.3. The molecule has 0 spiro atoms. The maximum absolute atomic E-state index is 12.3. The summed E-state index contributed by atoms with van der Waals surface area (Å²) in [5.74, 6) is 0.837. The van der Waals surface area contributed by atoms with Crippen molar-refractivity contribution in [2.45, 2.75) is 32.8 Å².